The third-order valence-corrected chi connectivity index (χ3v) is 5.11. The molecule has 1 saturated heterocycles. The molecule has 0 aliphatic carbocycles. The van der Waals surface area contributed by atoms with Crippen LogP contribution in [0.25, 0.3) is 0 Å². The number of benzene rings is 1. The molecular weight excluding hydrogens is 356 g/mol. The van der Waals surface area contributed by atoms with Crippen LogP contribution in [0.2, 0.25) is 0 Å². The van der Waals surface area contributed by atoms with Gasteiger partial charge in [0.15, 0.2) is 11.5 Å². The van der Waals surface area contributed by atoms with Crippen molar-refractivity contribution in [1.82, 2.24) is 4.31 Å². The normalized spacial score (nSPS) is 16.0. The number of primary amides is 1. The molecule has 1 aromatic carbocycles. The number of carbonyl (C=O) groups excluding carboxylic acids is 1. The molecule has 0 saturated carbocycles. The Balaban J connectivity index is 2.18. The van der Waals surface area contributed by atoms with E-state index < -0.39 is 0 Å². The first-order valence-electron chi connectivity index (χ1n) is 8.03. The standard InChI is InChI=1S/C17H22N4O4S/c1-23-14-8-12(10-18)13(9-15(14)24-2)20-17(25-3)26-21-6-4-11(5-7-21)16(19)22/h8-9,11H,4-7H2,1-3H3,(H2,19,22)/b20-17+. The lowest BCUT2D eigenvalue weighted by Gasteiger charge is -2.28. The second kappa shape index (κ2) is 9.31. The summed E-state index contributed by atoms with van der Waals surface area (Å²) in [5.74, 6) is 0.612. The van der Waals surface area contributed by atoms with Gasteiger partial charge in [-0.05, 0) is 12.8 Å². The number of hydrogen-bond donors (Lipinski definition) is 1. The van der Waals surface area contributed by atoms with Crippen LogP contribution < -0.4 is 15.2 Å². The second-order valence-corrected chi connectivity index (χ2v) is 6.66. The zero-order valence-corrected chi connectivity index (χ0v) is 15.8. The number of aliphatic imine (C=N–C) groups is 1. The van der Waals surface area contributed by atoms with Gasteiger partial charge in [0.05, 0.1) is 32.6 Å². The number of carbonyl (C=O) groups is 1. The molecule has 140 valence electrons. The van der Waals surface area contributed by atoms with Gasteiger partial charge < -0.3 is 19.9 Å². The van der Waals surface area contributed by atoms with Crippen LogP contribution in [0.1, 0.15) is 18.4 Å². The van der Waals surface area contributed by atoms with Gasteiger partial charge in [-0.2, -0.15) is 5.26 Å². The molecule has 2 rings (SSSR count). The van der Waals surface area contributed by atoms with Crippen molar-refractivity contribution in [3.8, 4) is 17.6 Å². The van der Waals surface area contributed by atoms with E-state index in [0.29, 0.717) is 53.9 Å². The first kappa shape index (κ1) is 19.9. The van der Waals surface area contributed by atoms with Gasteiger partial charge >= 0.3 is 0 Å². The summed E-state index contributed by atoms with van der Waals surface area (Å²) in [6, 6.07) is 5.31. The zero-order chi connectivity index (χ0) is 19.1. The van der Waals surface area contributed by atoms with Gasteiger partial charge in [-0.15, -0.1) is 0 Å². The van der Waals surface area contributed by atoms with E-state index >= 15 is 0 Å². The quantitative estimate of drug-likeness (QED) is 0.474. The average Bonchev–Trinajstić information content (AvgIpc) is 2.67. The summed E-state index contributed by atoms with van der Waals surface area (Å²) in [6.45, 7) is 1.41. The van der Waals surface area contributed by atoms with E-state index in [2.05, 4.69) is 15.4 Å². The van der Waals surface area contributed by atoms with E-state index in [4.69, 9.17) is 19.9 Å². The number of nitrogens with two attached hydrogens (primary N) is 1. The average molecular weight is 378 g/mol. The van der Waals surface area contributed by atoms with Gasteiger partial charge in [0.1, 0.15) is 6.07 Å². The lowest BCUT2D eigenvalue weighted by atomic mass is 9.98. The van der Waals surface area contributed by atoms with E-state index in [1.54, 1.807) is 12.1 Å². The summed E-state index contributed by atoms with van der Waals surface area (Å²) in [7, 11) is 4.55. The third-order valence-electron chi connectivity index (χ3n) is 4.07. The minimum absolute atomic E-state index is 0.0779. The highest BCUT2D eigenvalue weighted by Crippen LogP contribution is 2.35. The number of ether oxygens (including phenoxy) is 3. The largest absolute Gasteiger partial charge is 0.493 e. The van der Waals surface area contributed by atoms with E-state index in [-0.39, 0.29) is 11.8 Å². The van der Waals surface area contributed by atoms with Gasteiger partial charge in [0.2, 0.25) is 5.91 Å². The number of nitrogens with zero attached hydrogens (tertiary/aromatic N) is 3. The van der Waals surface area contributed by atoms with Crippen LogP contribution in [0.15, 0.2) is 17.1 Å². The van der Waals surface area contributed by atoms with E-state index in [1.807, 2.05) is 0 Å². The Hall–Kier alpha value is -2.44. The molecule has 0 bridgehead atoms. The van der Waals surface area contributed by atoms with Crippen LogP contribution in [-0.2, 0) is 9.53 Å². The van der Waals surface area contributed by atoms with E-state index in [0.717, 1.165) is 0 Å². The fraction of sp³-hybridized carbons (Fsp3) is 0.471. The first-order chi connectivity index (χ1) is 12.5. The fourth-order valence-electron chi connectivity index (χ4n) is 2.59. The van der Waals surface area contributed by atoms with Crippen molar-refractivity contribution >= 4 is 28.8 Å². The summed E-state index contributed by atoms with van der Waals surface area (Å²) < 4.78 is 17.9. The summed E-state index contributed by atoms with van der Waals surface area (Å²) in [5.41, 5.74) is 6.14. The van der Waals surface area contributed by atoms with Crippen molar-refractivity contribution in [3.63, 3.8) is 0 Å². The van der Waals surface area contributed by atoms with Crippen molar-refractivity contribution < 1.29 is 19.0 Å². The molecule has 0 spiro atoms. The summed E-state index contributed by atoms with van der Waals surface area (Å²) in [6.07, 6.45) is 1.41. The predicted molar refractivity (Wildman–Crippen MR) is 99.4 cm³/mol. The highest BCUT2D eigenvalue weighted by molar-refractivity contribution is 8.11. The molecule has 0 atom stereocenters. The monoisotopic (exact) mass is 378 g/mol. The van der Waals surface area contributed by atoms with Crippen molar-refractivity contribution in [2.45, 2.75) is 12.8 Å². The molecule has 1 aliphatic rings. The first-order valence-corrected chi connectivity index (χ1v) is 8.80. The van der Waals surface area contributed by atoms with Gasteiger partial charge in [0, 0.05) is 43.1 Å². The van der Waals surface area contributed by atoms with Crippen molar-refractivity contribution in [2.24, 2.45) is 16.6 Å². The fourth-order valence-corrected chi connectivity index (χ4v) is 3.42. The second-order valence-electron chi connectivity index (χ2n) is 5.61. The SMILES string of the molecule is CO/C(=N\c1cc(OC)c(OC)cc1C#N)SN1CCC(C(N)=O)CC1. The predicted octanol–water partition coefficient (Wildman–Crippen LogP) is 2.05. The number of methoxy groups -OCH3 is 3. The van der Waals surface area contributed by atoms with Crippen LogP contribution in [-0.4, -0.2) is 49.9 Å². The molecule has 9 heteroatoms. The number of amides is 1. The summed E-state index contributed by atoms with van der Waals surface area (Å²) >= 11 is 1.34. The van der Waals surface area contributed by atoms with Gasteiger partial charge in [-0.1, -0.05) is 0 Å². The van der Waals surface area contributed by atoms with Crippen LogP contribution in [0.4, 0.5) is 5.69 Å². The van der Waals surface area contributed by atoms with Gasteiger partial charge in [-0.25, -0.2) is 9.30 Å². The summed E-state index contributed by atoms with van der Waals surface area (Å²) in [4.78, 5) is 15.7. The van der Waals surface area contributed by atoms with E-state index in [1.165, 1.54) is 33.3 Å². The van der Waals surface area contributed by atoms with Crippen molar-refractivity contribution in [3.05, 3.63) is 17.7 Å². The maximum absolute atomic E-state index is 11.3. The van der Waals surface area contributed by atoms with Crippen LogP contribution >= 0.6 is 11.9 Å². The molecule has 26 heavy (non-hydrogen) atoms. The lowest BCUT2D eigenvalue weighted by Crippen LogP contribution is -2.35. The van der Waals surface area contributed by atoms with Crippen molar-refractivity contribution in [2.75, 3.05) is 34.4 Å². The minimum Gasteiger partial charge on any atom is -0.493 e. The number of hydrogen-bond acceptors (Lipinski definition) is 8. The Morgan fingerprint density at radius 3 is 2.38 bits per heavy atom. The smallest absolute Gasteiger partial charge is 0.266 e. The Bertz CT molecular complexity index is 724. The van der Waals surface area contributed by atoms with Crippen LogP contribution in [0, 0.1) is 17.2 Å². The highest BCUT2D eigenvalue weighted by Gasteiger charge is 2.25. The maximum Gasteiger partial charge on any atom is 0.266 e. The van der Waals surface area contributed by atoms with Gasteiger partial charge in [0.25, 0.3) is 5.23 Å². The molecular formula is C17H22N4O4S. The Morgan fingerprint density at radius 1 is 1.27 bits per heavy atom. The number of nitriles is 1. The molecule has 0 aromatic heterocycles. The molecule has 2 N–H and O–H groups in total. The molecule has 8 nitrogen and oxygen atoms in total. The third kappa shape index (κ3) is 4.80. The topological polar surface area (TPSA) is 110 Å². The zero-order valence-electron chi connectivity index (χ0n) is 15.0. The lowest BCUT2D eigenvalue weighted by molar-refractivity contribution is -0.122. The molecule has 0 unspecified atom stereocenters. The maximum atomic E-state index is 11.3. The van der Waals surface area contributed by atoms with E-state index in [9.17, 15) is 10.1 Å². The molecule has 1 heterocycles. The minimum atomic E-state index is -0.251. The molecule has 1 fully saturated rings. The van der Waals surface area contributed by atoms with Crippen molar-refractivity contribution in [1.29, 1.82) is 5.26 Å². The Labute approximate surface area is 157 Å². The van der Waals surface area contributed by atoms with Crippen LogP contribution in [0.5, 0.6) is 11.5 Å². The number of piperidine rings is 1. The van der Waals surface area contributed by atoms with Gasteiger partial charge in [-0.3, -0.25) is 4.79 Å². The Morgan fingerprint density at radius 2 is 1.88 bits per heavy atom. The summed E-state index contributed by atoms with van der Waals surface area (Å²) in [5, 5.41) is 9.77. The highest BCUT2D eigenvalue weighted by atomic mass is 32.2. The van der Waals surface area contributed by atoms with Crippen LogP contribution in [0.3, 0.4) is 0 Å². The Kier molecular flexibility index (Phi) is 7.12. The molecule has 1 aromatic rings. The number of rotatable bonds is 5. The molecule has 1 aliphatic heterocycles. The molecule has 0 radical (unpaired) electrons. The molecule has 1 amide bonds.